The van der Waals surface area contributed by atoms with E-state index >= 15 is 0 Å². The van der Waals surface area contributed by atoms with E-state index in [4.69, 9.17) is 4.74 Å². The van der Waals surface area contributed by atoms with E-state index in [0.717, 1.165) is 35.8 Å². The number of ether oxygens (including phenoxy) is 1. The number of nitrogens with zero attached hydrogens (tertiary/aromatic N) is 1. The maximum absolute atomic E-state index is 5.12. The van der Waals surface area contributed by atoms with E-state index in [2.05, 4.69) is 27.4 Å². The van der Waals surface area contributed by atoms with E-state index in [0.29, 0.717) is 6.04 Å². The van der Waals surface area contributed by atoms with Crippen molar-refractivity contribution in [2.45, 2.75) is 13.0 Å². The second kappa shape index (κ2) is 3.24. The number of nitrogens with one attached hydrogen (secondary N) is 2. The third-order valence-electron chi connectivity index (χ3n) is 2.61. The molecular formula is C11H13N3O. The molecule has 0 saturated carbocycles. The van der Waals surface area contributed by atoms with Crippen molar-refractivity contribution in [2.24, 2.45) is 0 Å². The molecular weight excluding hydrogens is 190 g/mol. The smallest absolute Gasteiger partial charge is 0.104 e. The van der Waals surface area contributed by atoms with E-state index in [1.54, 1.807) is 0 Å². The molecule has 1 aromatic heterocycles. The topological polar surface area (TPSA) is 49.9 Å². The molecule has 4 heteroatoms. The first-order chi connectivity index (χ1) is 7.31. The number of hydrogen-bond donors (Lipinski definition) is 2. The molecule has 0 spiro atoms. The molecule has 78 valence electrons. The first kappa shape index (κ1) is 8.73. The Bertz CT molecular complexity index is 488. The fraction of sp³-hybridized carbons (Fsp3) is 0.364. The summed E-state index contributed by atoms with van der Waals surface area (Å²) in [5, 5.41) is 3.41. The van der Waals surface area contributed by atoms with Crippen molar-refractivity contribution in [1.29, 1.82) is 0 Å². The molecule has 1 saturated heterocycles. The van der Waals surface area contributed by atoms with Gasteiger partial charge in [0.15, 0.2) is 0 Å². The standard InChI is InChI=1S/C11H13N3O/c1-7-12-10-3-2-8(4-11(10)13-7)14-9-5-15-6-9/h2-4,9,14H,5-6H2,1H3,(H,12,13). The summed E-state index contributed by atoms with van der Waals surface area (Å²) in [6, 6.07) is 6.64. The number of aromatic nitrogens is 2. The van der Waals surface area contributed by atoms with E-state index in [1.807, 2.05) is 13.0 Å². The van der Waals surface area contributed by atoms with Crippen LogP contribution >= 0.6 is 0 Å². The van der Waals surface area contributed by atoms with Crippen LogP contribution < -0.4 is 5.32 Å². The second-order valence-corrected chi connectivity index (χ2v) is 3.93. The third kappa shape index (κ3) is 1.57. The van der Waals surface area contributed by atoms with E-state index in [-0.39, 0.29) is 0 Å². The lowest BCUT2D eigenvalue weighted by Gasteiger charge is -2.27. The summed E-state index contributed by atoms with van der Waals surface area (Å²) in [6.45, 7) is 3.58. The Morgan fingerprint density at radius 1 is 1.47 bits per heavy atom. The highest BCUT2D eigenvalue weighted by atomic mass is 16.5. The minimum absolute atomic E-state index is 0.464. The van der Waals surface area contributed by atoms with Crippen LogP contribution in [0.3, 0.4) is 0 Å². The van der Waals surface area contributed by atoms with Crippen LogP contribution in [0.1, 0.15) is 5.82 Å². The lowest BCUT2D eigenvalue weighted by molar-refractivity contribution is 0.0211. The summed E-state index contributed by atoms with van der Waals surface area (Å²) < 4.78 is 5.12. The van der Waals surface area contributed by atoms with Crippen LogP contribution in [0.15, 0.2) is 18.2 Å². The van der Waals surface area contributed by atoms with Crippen molar-refractivity contribution < 1.29 is 4.74 Å². The highest BCUT2D eigenvalue weighted by molar-refractivity contribution is 5.79. The van der Waals surface area contributed by atoms with Gasteiger partial charge in [-0.3, -0.25) is 0 Å². The highest BCUT2D eigenvalue weighted by Gasteiger charge is 2.17. The van der Waals surface area contributed by atoms with E-state index in [9.17, 15) is 0 Å². The predicted octanol–water partition coefficient (Wildman–Crippen LogP) is 1.68. The number of imidazole rings is 1. The molecule has 0 aliphatic carbocycles. The van der Waals surface area contributed by atoms with Crippen molar-refractivity contribution >= 4 is 16.7 Å². The third-order valence-corrected chi connectivity index (χ3v) is 2.61. The van der Waals surface area contributed by atoms with Crippen LogP contribution in [0.2, 0.25) is 0 Å². The minimum Gasteiger partial charge on any atom is -0.378 e. The van der Waals surface area contributed by atoms with E-state index < -0.39 is 0 Å². The molecule has 1 aliphatic rings. The van der Waals surface area contributed by atoms with Crippen molar-refractivity contribution in [2.75, 3.05) is 18.5 Å². The maximum Gasteiger partial charge on any atom is 0.104 e. The molecule has 2 heterocycles. The molecule has 1 aromatic carbocycles. The monoisotopic (exact) mass is 203 g/mol. The number of aryl methyl sites for hydroxylation is 1. The van der Waals surface area contributed by atoms with Crippen LogP contribution in [0.4, 0.5) is 5.69 Å². The van der Waals surface area contributed by atoms with Gasteiger partial charge in [-0.25, -0.2) is 4.98 Å². The largest absolute Gasteiger partial charge is 0.378 e. The molecule has 0 atom stereocenters. The van der Waals surface area contributed by atoms with Crippen LogP contribution in [0, 0.1) is 6.92 Å². The Morgan fingerprint density at radius 2 is 2.33 bits per heavy atom. The SMILES string of the molecule is Cc1nc2ccc(NC3COC3)cc2[nH]1. The van der Waals surface area contributed by atoms with E-state index in [1.165, 1.54) is 0 Å². The summed E-state index contributed by atoms with van der Waals surface area (Å²) in [4.78, 5) is 7.59. The maximum atomic E-state index is 5.12. The summed E-state index contributed by atoms with van der Waals surface area (Å²) in [6.07, 6.45) is 0. The van der Waals surface area contributed by atoms with Crippen LogP contribution in [0.25, 0.3) is 11.0 Å². The number of H-pyrrole nitrogens is 1. The zero-order chi connectivity index (χ0) is 10.3. The van der Waals surface area contributed by atoms with Gasteiger partial charge in [0.2, 0.25) is 0 Å². The summed E-state index contributed by atoms with van der Waals surface area (Å²) >= 11 is 0. The van der Waals surface area contributed by atoms with Crippen molar-refractivity contribution in [3.8, 4) is 0 Å². The lowest BCUT2D eigenvalue weighted by Crippen LogP contribution is -2.40. The molecule has 0 radical (unpaired) electrons. The van der Waals surface area contributed by atoms with Gasteiger partial charge in [-0.15, -0.1) is 0 Å². The molecule has 15 heavy (non-hydrogen) atoms. The average Bonchev–Trinajstić information content (AvgIpc) is 2.50. The lowest BCUT2D eigenvalue weighted by atomic mass is 10.2. The zero-order valence-electron chi connectivity index (χ0n) is 8.58. The van der Waals surface area contributed by atoms with Gasteiger partial charge in [0, 0.05) is 5.69 Å². The fourth-order valence-electron chi connectivity index (χ4n) is 1.78. The van der Waals surface area contributed by atoms with Crippen LogP contribution in [-0.2, 0) is 4.74 Å². The van der Waals surface area contributed by atoms with Gasteiger partial charge in [-0.1, -0.05) is 0 Å². The van der Waals surface area contributed by atoms with Gasteiger partial charge >= 0.3 is 0 Å². The number of fused-ring (bicyclic) bond motifs is 1. The molecule has 2 aromatic rings. The van der Waals surface area contributed by atoms with Crippen molar-refractivity contribution in [3.63, 3.8) is 0 Å². The summed E-state index contributed by atoms with van der Waals surface area (Å²) in [7, 11) is 0. The summed E-state index contributed by atoms with van der Waals surface area (Å²) in [5.74, 6) is 0.953. The fourth-order valence-corrected chi connectivity index (χ4v) is 1.78. The molecule has 1 fully saturated rings. The Hall–Kier alpha value is -1.55. The zero-order valence-corrected chi connectivity index (χ0v) is 8.58. The summed E-state index contributed by atoms with van der Waals surface area (Å²) in [5.41, 5.74) is 3.22. The van der Waals surface area contributed by atoms with Crippen LogP contribution in [0.5, 0.6) is 0 Å². The molecule has 0 amide bonds. The second-order valence-electron chi connectivity index (χ2n) is 3.93. The quantitative estimate of drug-likeness (QED) is 0.780. The normalized spacial score (nSPS) is 16.6. The van der Waals surface area contributed by atoms with Gasteiger partial charge in [0.05, 0.1) is 30.3 Å². The molecule has 0 unspecified atom stereocenters. The molecule has 3 rings (SSSR count). The van der Waals surface area contributed by atoms with Gasteiger partial charge in [-0.05, 0) is 25.1 Å². The van der Waals surface area contributed by atoms with Gasteiger partial charge in [0.1, 0.15) is 5.82 Å². The number of rotatable bonds is 2. The molecule has 1 aliphatic heterocycles. The Kier molecular flexibility index (Phi) is 1.89. The minimum atomic E-state index is 0.464. The molecule has 4 nitrogen and oxygen atoms in total. The Labute approximate surface area is 87.7 Å². The molecule has 0 bridgehead atoms. The number of anilines is 1. The number of benzene rings is 1. The number of hydrogen-bond acceptors (Lipinski definition) is 3. The first-order valence-electron chi connectivity index (χ1n) is 5.12. The Morgan fingerprint density at radius 3 is 3.07 bits per heavy atom. The highest BCUT2D eigenvalue weighted by Crippen LogP contribution is 2.19. The number of aromatic amines is 1. The van der Waals surface area contributed by atoms with Gasteiger partial charge in [0.25, 0.3) is 0 Å². The first-order valence-corrected chi connectivity index (χ1v) is 5.12. The van der Waals surface area contributed by atoms with Crippen molar-refractivity contribution in [3.05, 3.63) is 24.0 Å². The van der Waals surface area contributed by atoms with Crippen LogP contribution in [-0.4, -0.2) is 29.2 Å². The van der Waals surface area contributed by atoms with Gasteiger partial charge in [-0.2, -0.15) is 0 Å². The predicted molar refractivity (Wildman–Crippen MR) is 59.1 cm³/mol. The van der Waals surface area contributed by atoms with Gasteiger partial charge < -0.3 is 15.0 Å². The average molecular weight is 203 g/mol. The van der Waals surface area contributed by atoms with Crippen molar-refractivity contribution in [1.82, 2.24) is 9.97 Å². The molecule has 2 N–H and O–H groups in total. The Balaban J connectivity index is 1.90.